The summed E-state index contributed by atoms with van der Waals surface area (Å²) in [7, 11) is -2.99. The molecule has 0 bridgehead atoms. The Morgan fingerprint density at radius 2 is 2.22 bits per heavy atom. The lowest BCUT2D eigenvalue weighted by atomic mass is 10.2. The van der Waals surface area contributed by atoms with E-state index >= 15 is 0 Å². The molecule has 0 aliphatic carbocycles. The number of rotatable bonds is 1. The van der Waals surface area contributed by atoms with E-state index in [4.69, 9.17) is 5.73 Å². The Hall–Kier alpha value is -1.63. The van der Waals surface area contributed by atoms with Gasteiger partial charge in [0.25, 0.3) is 0 Å². The predicted molar refractivity (Wildman–Crippen MR) is 66.4 cm³/mol. The van der Waals surface area contributed by atoms with Crippen molar-refractivity contribution in [2.24, 2.45) is 0 Å². The molecule has 0 spiro atoms. The van der Waals surface area contributed by atoms with Crippen LogP contribution >= 0.6 is 0 Å². The number of nitrogen functional groups attached to an aromatic ring is 1. The van der Waals surface area contributed by atoms with Crippen molar-refractivity contribution in [1.82, 2.24) is 9.55 Å². The number of fused-ring (bicyclic) bond motifs is 1. The molecule has 96 valence electrons. The SMILES string of the molecule is Nc1nc2cc(F)ccc2n1C1CCS(=O)(=O)C1. The van der Waals surface area contributed by atoms with Gasteiger partial charge in [-0.05, 0) is 18.6 Å². The molecule has 1 atom stereocenters. The third kappa shape index (κ3) is 1.74. The number of imidazole rings is 1. The molecule has 18 heavy (non-hydrogen) atoms. The topological polar surface area (TPSA) is 78.0 Å². The Labute approximate surface area is 103 Å². The highest BCUT2D eigenvalue weighted by Crippen LogP contribution is 2.30. The highest BCUT2D eigenvalue weighted by atomic mass is 32.2. The van der Waals surface area contributed by atoms with Crippen LogP contribution in [0, 0.1) is 5.82 Å². The molecule has 1 aromatic carbocycles. The lowest BCUT2D eigenvalue weighted by Gasteiger charge is -2.12. The van der Waals surface area contributed by atoms with E-state index in [0.29, 0.717) is 17.5 Å². The second kappa shape index (κ2) is 3.68. The number of hydrogen-bond donors (Lipinski definition) is 1. The first-order valence-electron chi connectivity index (χ1n) is 5.60. The van der Waals surface area contributed by atoms with Gasteiger partial charge in [-0.25, -0.2) is 17.8 Å². The van der Waals surface area contributed by atoms with E-state index in [9.17, 15) is 12.8 Å². The first kappa shape index (κ1) is 11.5. The van der Waals surface area contributed by atoms with Crippen LogP contribution in [0.15, 0.2) is 18.2 Å². The molecule has 1 aliphatic heterocycles. The highest BCUT2D eigenvalue weighted by Gasteiger charge is 2.31. The Morgan fingerprint density at radius 1 is 1.44 bits per heavy atom. The molecule has 2 N–H and O–H groups in total. The van der Waals surface area contributed by atoms with Crippen LogP contribution in [0.3, 0.4) is 0 Å². The van der Waals surface area contributed by atoms with Gasteiger partial charge in [-0.15, -0.1) is 0 Å². The van der Waals surface area contributed by atoms with Gasteiger partial charge in [0.15, 0.2) is 9.84 Å². The minimum atomic E-state index is -2.99. The Balaban J connectivity index is 2.15. The summed E-state index contributed by atoms with van der Waals surface area (Å²) in [6, 6.07) is 4.00. The zero-order valence-electron chi connectivity index (χ0n) is 9.51. The first-order valence-corrected chi connectivity index (χ1v) is 7.42. The number of anilines is 1. The summed E-state index contributed by atoms with van der Waals surface area (Å²) in [4.78, 5) is 4.07. The van der Waals surface area contributed by atoms with E-state index in [0.717, 1.165) is 0 Å². The molecule has 1 aliphatic rings. The molecule has 1 saturated heterocycles. The average Bonchev–Trinajstić information content (AvgIpc) is 2.77. The van der Waals surface area contributed by atoms with Crippen LogP contribution in [-0.2, 0) is 9.84 Å². The third-order valence-corrected chi connectivity index (χ3v) is 5.00. The van der Waals surface area contributed by atoms with Gasteiger partial charge in [-0.2, -0.15) is 0 Å². The standard InChI is InChI=1S/C11H12FN3O2S/c12-7-1-2-10-9(5-7)14-11(13)15(10)8-3-4-18(16,17)6-8/h1-2,5,8H,3-4,6H2,(H2,13,14). The predicted octanol–water partition coefficient (Wildman–Crippen LogP) is 1.12. The zero-order chi connectivity index (χ0) is 12.9. The molecule has 5 nitrogen and oxygen atoms in total. The first-order chi connectivity index (χ1) is 8.46. The number of benzene rings is 1. The van der Waals surface area contributed by atoms with E-state index in [-0.39, 0.29) is 29.3 Å². The number of sulfone groups is 1. The maximum Gasteiger partial charge on any atom is 0.201 e. The van der Waals surface area contributed by atoms with Crippen molar-refractivity contribution in [3.8, 4) is 0 Å². The Bertz CT molecular complexity index is 723. The fourth-order valence-corrected chi connectivity index (χ4v) is 4.15. The van der Waals surface area contributed by atoms with Crippen LogP contribution in [0.4, 0.5) is 10.3 Å². The second-order valence-electron chi connectivity index (χ2n) is 4.53. The van der Waals surface area contributed by atoms with Crippen molar-refractivity contribution in [2.75, 3.05) is 17.2 Å². The van der Waals surface area contributed by atoms with Gasteiger partial charge in [0.05, 0.1) is 28.6 Å². The van der Waals surface area contributed by atoms with Crippen LogP contribution < -0.4 is 5.73 Å². The fraction of sp³-hybridized carbons (Fsp3) is 0.364. The Kier molecular flexibility index (Phi) is 2.34. The summed E-state index contributed by atoms with van der Waals surface area (Å²) in [5.41, 5.74) is 6.94. The lowest BCUT2D eigenvalue weighted by molar-refractivity contribution is 0.574. The summed E-state index contributed by atoms with van der Waals surface area (Å²) in [5.74, 6) is 0.0850. The second-order valence-corrected chi connectivity index (χ2v) is 6.76. The number of aromatic nitrogens is 2. The van der Waals surface area contributed by atoms with Crippen molar-refractivity contribution in [1.29, 1.82) is 0 Å². The average molecular weight is 269 g/mol. The molecular formula is C11H12FN3O2S. The van der Waals surface area contributed by atoms with Crippen molar-refractivity contribution in [2.45, 2.75) is 12.5 Å². The third-order valence-electron chi connectivity index (χ3n) is 3.25. The van der Waals surface area contributed by atoms with Crippen LogP contribution in [0.2, 0.25) is 0 Å². The van der Waals surface area contributed by atoms with Crippen LogP contribution in [0.5, 0.6) is 0 Å². The van der Waals surface area contributed by atoms with Crippen molar-refractivity contribution in [3.05, 3.63) is 24.0 Å². The summed E-state index contributed by atoms with van der Waals surface area (Å²) in [5, 5.41) is 0. The summed E-state index contributed by atoms with van der Waals surface area (Å²) < 4.78 is 37.8. The number of halogens is 1. The summed E-state index contributed by atoms with van der Waals surface area (Å²) >= 11 is 0. The molecule has 7 heteroatoms. The van der Waals surface area contributed by atoms with Gasteiger partial charge in [-0.3, -0.25) is 0 Å². The quantitative estimate of drug-likeness (QED) is 0.841. The molecule has 1 aromatic heterocycles. The van der Waals surface area contributed by atoms with Crippen molar-refractivity contribution in [3.63, 3.8) is 0 Å². The van der Waals surface area contributed by atoms with Crippen molar-refractivity contribution < 1.29 is 12.8 Å². The normalized spacial score (nSPS) is 22.6. The maximum absolute atomic E-state index is 13.1. The van der Waals surface area contributed by atoms with E-state index in [2.05, 4.69) is 4.98 Å². The van der Waals surface area contributed by atoms with Crippen LogP contribution in [0.1, 0.15) is 12.5 Å². The lowest BCUT2D eigenvalue weighted by Crippen LogP contribution is -2.13. The van der Waals surface area contributed by atoms with Gasteiger partial charge >= 0.3 is 0 Å². The molecular weight excluding hydrogens is 257 g/mol. The number of nitrogens with zero attached hydrogens (tertiary/aromatic N) is 2. The minimum Gasteiger partial charge on any atom is -0.369 e. The maximum atomic E-state index is 13.1. The fourth-order valence-electron chi connectivity index (χ4n) is 2.45. The molecule has 2 aromatic rings. The molecule has 1 fully saturated rings. The summed E-state index contributed by atoms with van der Waals surface area (Å²) in [6.45, 7) is 0. The minimum absolute atomic E-state index is 0.0695. The van der Waals surface area contributed by atoms with Crippen LogP contribution in [0.25, 0.3) is 11.0 Å². The smallest absolute Gasteiger partial charge is 0.201 e. The van der Waals surface area contributed by atoms with Gasteiger partial charge in [0.2, 0.25) is 5.95 Å². The van der Waals surface area contributed by atoms with Crippen LogP contribution in [-0.4, -0.2) is 29.5 Å². The van der Waals surface area contributed by atoms with E-state index in [1.54, 1.807) is 10.6 Å². The van der Waals surface area contributed by atoms with E-state index < -0.39 is 9.84 Å². The molecule has 0 radical (unpaired) electrons. The Morgan fingerprint density at radius 3 is 2.89 bits per heavy atom. The van der Waals surface area contributed by atoms with E-state index in [1.165, 1.54) is 12.1 Å². The number of nitrogens with two attached hydrogens (primary N) is 1. The largest absolute Gasteiger partial charge is 0.369 e. The molecule has 3 rings (SSSR count). The highest BCUT2D eigenvalue weighted by molar-refractivity contribution is 7.91. The zero-order valence-corrected chi connectivity index (χ0v) is 10.3. The van der Waals surface area contributed by atoms with Gasteiger partial charge in [0.1, 0.15) is 5.82 Å². The molecule has 0 amide bonds. The monoisotopic (exact) mass is 269 g/mol. The molecule has 2 heterocycles. The summed E-state index contributed by atoms with van der Waals surface area (Å²) in [6.07, 6.45) is 0.523. The molecule has 0 saturated carbocycles. The van der Waals surface area contributed by atoms with Gasteiger partial charge in [0, 0.05) is 6.07 Å². The number of hydrogen-bond acceptors (Lipinski definition) is 4. The van der Waals surface area contributed by atoms with Crippen molar-refractivity contribution >= 4 is 26.8 Å². The van der Waals surface area contributed by atoms with Gasteiger partial charge in [-0.1, -0.05) is 0 Å². The van der Waals surface area contributed by atoms with E-state index in [1.807, 2.05) is 0 Å². The van der Waals surface area contributed by atoms with Gasteiger partial charge < -0.3 is 10.3 Å². The molecule has 1 unspecified atom stereocenters.